The summed E-state index contributed by atoms with van der Waals surface area (Å²) in [6.45, 7) is 3.67. The van der Waals surface area contributed by atoms with Gasteiger partial charge in [-0.1, -0.05) is 30.3 Å². The van der Waals surface area contributed by atoms with Gasteiger partial charge in [0.05, 0.1) is 5.56 Å². The maximum atomic E-state index is 13.1. The van der Waals surface area contributed by atoms with E-state index in [1.165, 1.54) is 18.4 Å². The normalized spacial score (nSPS) is 18.6. The largest absolute Gasteiger partial charge is 0.356 e. The molecule has 2 fully saturated rings. The van der Waals surface area contributed by atoms with Gasteiger partial charge in [-0.2, -0.15) is 0 Å². The number of hydrogen-bond donors (Lipinski definition) is 0. The lowest BCUT2D eigenvalue weighted by Crippen LogP contribution is -2.38. The molecular formula is C21H25N3O. The summed E-state index contributed by atoms with van der Waals surface area (Å²) in [5, 5.41) is 0. The van der Waals surface area contributed by atoms with Crippen LogP contribution in [0, 0.1) is 0 Å². The molecule has 4 rings (SSSR count). The van der Waals surface area contributed by atoms with E-state index in [0.29, 0.717) is 5.92 Å². The summed E-state index contributed by atoms with van der Waals surface area (Å²) < 4.78 is 0. The lowest BCUT2D eigenvalue weighted by molar-refractivity contribution is 0.0713. The van der Waals surface area contributed by atoms with Crippen molar-refractivity contribution < 1.29 is 4.79 Å². The maximum Gasteiger partial charge on any atom is 0.257 e. The van der Waals surface area contributed by atoms with Gasteiger partial charge < -0.3 is 9.80 Å². The highest BCUT2D eigenvalue weighted by molar-refractivity contribution is 5.99. The molecular weight excluding hydrogens is 310 g/mol. The molecule has 0 unspecified atom stereocenters. The Labute approximate surface area is 149 Å². The van der Waals surface area contributed by atoms with Gasteiger partial charge in [-0.15, -0.1) is 0 Å². The Kier molecular flexibility index (Phi) is 4.68. The van der Waals surface area contributed by atoms with Gasteiger partial charge in [0.1, 0.15) is 5.82 Å². The first-order valence-corrected chi connectivity index (χ1v) is 9.37. The molecule has 0 N–H and O–H groups in total. The van der Waals surface area contributed by atoms with E-state index in [1.54, 1.807) is 6.20 Å². The number of carbonyl (C=O) groups is 1. The summed E-state index contributed by atoms with van der Waals surface area (Å²) in [4.78, 5) is 21.9. The van der Waals surface area contributed by atoms with E-state index in [9.17, 15) is 4.79 Å². The Morgan fingerprint density at radius 2 is 1.64 bits per heavy atom. The number of hydrogen-bond acceptors (Lipinski definition) is 3. The van der Waals surface area contributed by atoms with Gasteiger partial charge in [0.15, 0.2) is 0 Å². The molecule has 3 heterocycles. The topological polar surface area (TPSA) is 36.4 Å². The molecule has 1 aromatic heterocycles. The lowest BCUT2D eigenvalue weighted by Gasteiger charge is -2.33. The highest BCUT2D eigenvalue weighted by Gasteiger charge is 2.27. The molecule has 4 nitrogen and oxygen atoms in total. The van der Waals surface area contributed by atoms with Crippen LogP contribution in [-0.4, -0.2) is 42.0 Å². The number of nitrogens with zero attached hydrogens (tertiary/aromatic N) is 3. The zero-order valence-electron chi connectivity index (χ0n) is 14.6. The summed E-state index contributed by atoms with van der Waals surface area (Å²) >= 11 is 0. The SMILES string of the molecule is O=C(c1cccnc1N1CCCC1)N1CCC(c2ccccc2)CC1. The van der Waals surface area contributed by atoms with E-state index in [1.807, 2.05) is 17.0 Å². The number of aromatic nitrogens is 1. The molecule has 2 aliphatic rings. The molecule has 25 heavy (non-hydrogen) atoms. The molecule has 0 radical (unpaired) electrons. The molecule has 0 atom stereocenters. The number of pyridine rings is 1. The summed E-state index contributed by atoms with van der Waals surface area (Å²) in [7, 11) is 0. The number of rotatable bonds is 3. The fourth-order valence-corrected chi connectivity index (χ4v) is 4.06. The average molecular weight is 335 g/mol. The van der Waals surface area contributed by atoms with Crippen LogP contribution in [0.15, 0.2) is 48.7 Å². The number of anilines is 1. The summed E-state index contributed by atoms with van der Waals surface area (Å²) in [5.74, 6) is 1.58. The monoisotopic (exact) mass is 335 g/mol. The van der Waals surface area contributed by atoms with Gasteiger partial charge in [0, 0.05) is 32.4 Å². The Bertz CT molecular complexity index is 717. The van der Waals surface area contributed by atoms with Crippen LogP contribution in [0.3, 0.4) is 0 Å². The van der Waals surface area contributed by atoms with Crippen LogP contribution in [0.5, 0.6) is 0 Å². The van der Waals surface area contributed by atoms with Crippen LogP contribution in [0.2, 0.25) is 0 Å². The zero-order valence-corrected chi connectivity index (χ0v) is 14.6. The second kappa shape index (κ2) is 7.26. The average Bonchev–Trinajstić information content (AvgIpc) is 3.23. The van der Waals surface area contributed by atoms with Gasteiger partial charge in [0.2, 0.25) is 0 Å². The van der Waals surface area contributed by atoms with Crippen molar-refractivity contribution in [3.8, 4) is 0 Å². The molecule has 2 saturated heterocycles. The minimum atomic E-state index is 0.140. The van der Waals surface area contributed by atoms with Crippen LogP contribution < -0.4 is 4.90 Å². The molecule has 4 heteroatoms. The van der Waals surface area contributed by atoms with E-state index in [2.05, 4.69) is 40.2 Å². The number of likely N-dealkylation sites (tertiary alicyclic amines) is 1. The molecule has 1 aromatic carbocycles. The van der Waals surface area contributed by atoms with Crippen molar-refractivity contribution in [2.24, 2.45) is 0 Å². The minimum Gasteiger partial charge on any atom is -0.356 e. The number of piperidine rings is 1. The zero-order chi connectivity index (χ0) is 17.1. The maximum absolute atomic E-state index is 13.1. The first kappa shape index (κ1) is 16.1. The van der Waals surface area contributed by atoms with Crippen LogP contribution in [0.25, 0.3) is 0 Å². The van der Waals surface area contributed by atoms with Crippen molar-refractivity contribution in [2.75, 3.05) is 31.1 Å². The van der Waals surface area contributed by atoms with Crippen molar-refractivity contribution in [1.82, 2.24) is 9.88 Å². The predicted octanol–water partition coefficient (Wildman–Crippen LogP) is 3.70. The van der Waals surface area contributed by atoms with Crippen molar-refractivity contribution in [2.45, 2.75) is 31.6 Å². The number of benzene rings is 1. The highest BCUT2D eigenvalue weighted by atomic mass is 16.2. The van der Waals surface area contributed by atoms with Crippen molar-refractivity contribution in [3.63, 3.8) is 0 Å². The van der Waals surface area contributed by atoms with Crippen molar-refractivity contribution in [1.29, 1.82) is 0 Å². The third-order valence-corrected chi connectivity index (χ3v) is 5.48. The van der Waals surface area contributed by atoms with Crippen molar-refractivity contribution in [3.05, 3.63) is 59.8 Å². The standard InChI is InChI=1S/C21H25N3O/c25-21(19-9-6-12-22-20(19)23-13-4-5-14-23)24-15-10-18(11-16-24)17-7-2-1-3-8-17/h1-3,6-9,12,18H,4-5,10-11,13-16H2. The lowest BCUT2D eigenvalue weighted by atomic mass is 9.89. The number of amides is 1. The molecule has 2 aromatic rings. The number of carbonyl (C=O) groups excluding carboxylic acids is 1. The summed E-state index contributed by atoms with van der Waals surface area (Å²) in [5.41, 5.74) is 2.16. The Balaban J connectivity index is 1.46. The van der Waals surface area contributed by atoms with E-state index in [-0.39, 0.29) is 5.91 Å². The van der Waals surface area contributed by atoms with Crippen molar-refractivity contribution >= 4 is 11.7 Å². The smallest absolute Gasteiger partial charge is 0.257 e. The van der Waals surface area contributed by atoms with Crippen LogP contribution in [-0.2, 0) is 0 Å². The van der Waals surface area contributed by atoms with E-state index < -0.39 is 0 Å². The van der Waals surface area contributed by atoms with Crippen LogP contribution in [0.1, 0.15) is 47.5 Å². The Morgan fingerprint density at radius 1 is 0.920 bits per heavy atom. The van der Waals surface area contributed by atoms with Gasteiger partial charge in [-0.05, 0) is 49.3 Å². The molecule has 0 aliphatic carbocycles. The second-order valence-corrected chi connectivity index (χ2v) is 7.05. The third kappa shape index (κ3) is 3.39. The molecule has 0 saturated carbocycles. The first-order chi connectivity index (χ1) is 12.3. The van der Waals surface area contributed by atoms with Gasteiger partial charge in [-0.25, -0.2) is 4.98 Å². The Morgan fingerprint density at radius 3 is 2.36 bits per heavy atom. The van der Waals surface area contributed by atoms with E-state index in [4.69, 9.17) is 0 Å². The fraction of sp³-hybridized carbons (Fsp3) is 0.429. The van der Waals surface area contributed by atoms with Gasteiger partial charge >= 0.3 is 0 Å². The van der Waals surface area contributed by atoms with E-state index >= 15 is 0 Å². The summed E-state index contributed by atoms with van der Waals surface area (Å²) in [6.07, 6.45) is 6.25. The summed E-state index contributed by atoms with van der Waals surface area (Å²) in [6, 6.07) is 14.5. The quantitative estimate of drug-likeness (QED) is 0.858. The van der Waals surface area contributed by atoms with Gasteiger partial charge in [-0.3, -0.25) is 4.79 Å². The molecule has 0 bridgehead atoms. The predicted molar refractivity (Wildman–Crippen MR) is 100 cm³/mol. The molecule has 0 spiro atoms. The highest BCUT2D eigenvalue weighted by Crippen LogP contribution is 2.30. The third-order valence-electron chi connectivity index (χ3n) is 5.48. The Hall–Kier alpha value is -2.36. The molecule has 130 valence electrons. The van der Waals surface area contributed by atoms with Gasteiger partial charge in [0.25, 0.3) is 5.91 Å². The minimum absolute atomic E-state index is 0.140. The first-order valence-electron chi connectivity index (χ1n) is 9.37. The fourth-order valence-electron chi connectivity index (χ4n) is 4.06. The van der Waals surface area contributed by atoms with E-state index in [0.717, 1.165) is 50.4 Å². The molecule has 1 amide bonds. The van der Waals surface area contributed by atoms with Crippen LogP contribution in [0.4, 0.5) is 5.82 Å². The molecule has 2 aliphatic heterocycles. The second-order valence-electron chi connectivity index (χ2n) is 7.05. The van der Waals surface area contributed by atoms with Crippen LogP contribution >= 0.6 is 0 Å².